The second-order valence-corrected chi connectivity index (χ2v) is 9.08. The minimum atomic E-state index is -3.19. The van der Waals surface area contributed by atoms with E-state index in [-0.39, 0.29) is 17.6 Å². The number of hydrogen-bond donors (Lipinski definition) is 1. The first-order chi connectivity index (χ1) is 13.2. The first-order valence-electron chi connectivity index (χ1n) is 9.20. The van der Waals surface area contributed by atoms with Crippen LogP contribution in [0.5, 0.6) is 0 Å². The van der Waals surface area contributed by atoms with Gasteiger partial charge in [-0.25, -0.2) is 18.4 Å². The predicted octanol–water partition coefficient (Wildman–Crippen LogP) is 3.10. The molecule has 0 unspecified atom stereocenters. The van der Waals surface area contributed by atoms with Crippen molar-refractivity contribution in [2.24, 2.45) is 0 Å². The van der Waals surface area contributed by atoms with Gasteiger partial charge in [-0.1, -0.05) is 26.0 Å². The molecule has 2 heterocycles. The number of rotatable bonds is 5. The first kappa shape index (κ1) is 20.0. The molecule has 2 aromatic rings. The van der Waals surface area contributed by atoms with Crippen LogP contribution in [0.25, 0.3) is 6.08 Å². The molecule has 0 spiro atoms. The number of aryl methyl sites for hydroxylation is 1. The second kappa shape index (κ2) is 8.10. The highest BCUT2D eigenvalue weighted by Gasteiger charge is 2.28. The Balaban J connectivity index is 1.66. The van der Waals surface area contributed by atoms with E-state index in [2.05, 4.69) is 15.3 Å². The molecule has 0 aliphatic carbocycles. The van der Waals surface area contributed by atoms with Gasteiger partial charge in [0.05, 0.1) is 11.4 Å². The van der Waals surface area contributed by atoms with E-state index in [1.807, 2.05) is 20.8 Å². The molecule has 28 heavy (non-hydrogen) atoms. The van der Waals surface area contributed by atoms with Crippen LogP contribution in [0, 0.1) is 6.92 Å². The van der Waals surface area contributed by atoms with Gasteiger partial charge in [0.1, 0.15) is 11.6 Å². The molecule has 1 aliphatic rings. The molecule has 148 valence electrons. The van der Waals surface area contributed by atoms with Crippen LogP contribution >= 0.6 is 0 Å². The van der Waals surface area contributed by atoms with Crippen molar-refractivity contribution in [1.29, 1.82) is 0 Å². The maximum Gasteiger partial charge on any atom is 0.249 e. The highest BCUT2D eigenvalue weighted by molar-refractivity contribution is 7.93. The Kier molecular flexibility index (Phi) is 5.79. The van der Waals surface area contributed by atoms with Crippen LogP contribution in [-0.2, 0) is 14.8 Å². The molecule has 0 saturated carbocycles. The minimum Gasteiger partial charge on any atom is -0.307 e. The van der Waals surface area contributed by atoms with Crippen molar-refractivity contribution in [3.05, 3.63) is 53.5 Å². The number of aromatic nitrogens is 2. The van der Waals surface area contributed by atoms with E-state index in [4.69, 9.17) is 0 Å². The minimum absolute atomic E-state index is 0.170. The number of carbonyl (C=O) groups excluding carboxylic acids is 1. The fraction of sp³-hybridized carbons (Fsp3) is 0.350. The van der Waals surface area contributed by atoms with Crippen LogP contribution in [0.3, 0.4) is 0 Å². The number of sulfonamides is 1. The Morgan fingerprint density at radius 2 is 1.93 bits per heavy atom. The lowest BCUT2D eigenvalue weighted by atomic mass is 10.2. The zero-order valence-corrected chi connectivity index (χ0v) is 17.0. The Morgan fingerprint density at radius 3 is 2.54 bits per heavy atom. The topological polar surface area (TPSA) is 92.3 Å². The largest absolute Gasteiger partial charge is 0.307 e. The zero-order valence-electron chi connectivity index (χ0n) is 16.2. The van der Waals surface area contributed by atoms with E-state index in [1.54, 1.807) is 36.4 Å². The van der Waals surface area contributed by atoms with E-state index in [0.717, 1.165) is 11.3 Å². The zero-order chi connectivity index (χ0) is 20.3. The molecule has 1 aliphatic heterocycles. The molecule has 0 radical (unpaired) electrons. The Bertz CT molecular complexity index is 999. The smallest absolute Gasteiger partial charge is 0.249 e. The normalized spacial score (nSPS) is 16.1. The van der Waals surface area contributed by atoms with Gasteiger partial charge in [0.25, 0.3) is 0 Å². The SMILES string of the molecule is Cc1cc(NC(=O)C=Cc2ccc(N3CCCS3(=O)=O)cc2)nc(C(C)C)n1. The van der Waals surface area contributed by atoms with Gasteiger partial charge in [-0.05, 0) is 37.1 Å². The molecular weight excluding hydrogens is 376 g/mol. The molecule has 1 saturated heterocycles. The van der Waals surface area contributed by atoms with Gasteiger partial charge in [-0.2, -0.15) is 0 Å². The third kappa shape index (κ3) is 4.75. The number of nitrogens with one attached hydrogen (secondary N) is 1. The standard InChI is InChI=1S/C20H24N4O3S/c1-14(2)20-21-15(3)13-18(23-20)22-19(25)10-7-16-5-8-17(9-6-16)24-11-4-12-28(24,26)27/h5-10,13-14H,4,11-12H2,1-3H3,(H,21,22,23,25). The maximum atomic E-state index is 12.2. The van der Waals surface area contributed by atoms with Crippen molar-refractivity contribution in [3.63, 3.8) is 0 Å². The molecule has 0 atom stereocenters. The second-order valence-electron chi connectivity index (χ2n) is 7.06. The van der Waals surface area contributed by atoms with Crippen molar-refractivity contribution in [2.75, 3.05) is 21.9 Å². The summed E-state index contributed by atoms with van der Waals surface area (Å²) in [6.07, 6.45) is 3.74. The summed E-state index contributed by atoms with van der Waals surface area (Å²) in [7, 11) is -3.19. The van der Waals surface area contributed by atoms with Gasteiger partial charge in [-0.15, -0.1) is 0 Å². The molecular formula is C20H24N4O3S. The summed E-state index contributed by atoms with van der Waals surface area (Å²) in [5.41, 5.74) is 2.25. The van der Waals surface area contributed by atoms with Gasteiger partial charge >= 0.3 is 0 Å². The van der Waals surface area contributed by atoms with Gasteiger partial charge in [-0.3, -0.25) is 9.10 Å². The van der Waals surface area contributed by atoms with E-state index in [1.165, 1.54) is 10.4 Å². The molecule has 7 nitrogen and oxygen atoms in total. The Morgan fingerprint density at radius 1 is 1.21 bits per heavy atom. The summed E-state index contributed by atoms with van der Waals surface area (Å²) in [5, 5.41) is 2.75. The number of anilines is 2. The number of hydrogen-bond acceptors (Lipinski definition) is 5. The Labute approximate surface area is 165 Å². The van der Waals surface area contributed by atoms with Gasteiger partial charge in [0.15, 0.2) is 0 Å². The lowest BCUT2D eigenvalue weighted by Crippen LogP contribution is -2.24. The number of carbonyl (C=O) groups is 1. The first-order valence-corrected chi connectivity index (χ1v) is 10.8. The fourth-order valence-electron chi connectivity index (χ4n) is 2.93. The summed E-state index contributed by atoms with van der Waals surface area (Å²) in [5.74, 6) is 1.23. The molecule has 1 aromatic heterocycles. The van der Waals surface area contributed by atoms with Crippen molar-refractivity contribution < 1.29 is 13.2 Å². The summed E-state index contributed by atoms with van der Waals surface area (Å²) in [4.78, 5) is 20.9. The quantitative estimate of drug-likeness (QED) is 0.779. The number of benzene rings is 1. The van der Waals surface area contributed by atoms with Crippen molar-refractivity contribution in [2.45, 2.75) is 33.1 Å². The summed E-state index contributed by atoms with van der Waals surface area (Å²) in [6.45, 7) is 6.37. The summed E-state index contributed by atoms with van der Waals surface area (Å²) >= 11 is 0. The van der Waals surface area contributed by atoms with Gasteiger partial charge in [0, 0.05) is 30.3 Å². The van der Waals surface area contributed by atoms with Gasteiger partial charge < -0.3 is 5.32 Å². The molecule has 1 amide bonds. The highest BCUT2D eigenvalue weighted by Crippen LogP contribution is 2.24. The van der Waals surface area contributed by atoms with Crippen LogP contribution < -0.4 is 9.62 Å². The average molecular weight is 401 g/mol. The van der Waals surface area contributed by atoms with E-state index >= 15 is 0 Å². The van der Waals surface area contributed by atoms with E-state index in [9.17, 15) is 13.2 Å². The third-order valence-corrected chi connectivity index (χ3v) is 6.22. The summed E-state index contributed by atoms with van der Waals surface area (Å²) < 4.78 is 25.4. The molecule has 3 rings (SSSR count). The average Bonchev–Trinajstić information content (AvgIpc) is 2.99. The van der Waals surface area contributed by atoms with Crippen LogP contribution in [0.1, 0.15) is 43.3 Å². The van der Waals surface area contributed by atoms with Crippen molar-refractivity contribution >= 4 is 33.5 Å². The molecule has 0 bridgehead atoms. The predicted molar refractivity (Wildman–Crippen MR) is 111 cm³/mol. The number of nitrogens with zero attached hydrogens (tertiary/aromatic N) is 3. The third-order valence-electron chi connectivity index (χ3n) is 4.35. The van der Waals surface area contributed by atoms with Gasteiger partial charge in [0.2, 0.25) is 15.9 Å². The lowest BCUT2D eigenvalue weighted by Gasteiger charge is -2.16. The molecule has 8 heteroatoms. The number of amides is 1. The van der Waals surface area contributed by atoms with Crippen LogP contribution in [0.2, 0.25) is 0 Å². The molecule has 1 N–H and O–H groups in total. The monoisotopic (exact) mass is 400 g/mol. The van der Waals surface area contributed by atoms with Crippen LogP contribution in [0.4, 0.5) is 11.5 Å². The lowest BCUT2D eigenvalue weighted by molar-refractivity contribution is -0.111. The maximum absolute atomic E-state index is 12.2. The van der Waals surface area contributed by atoms with Crippen molar-refractivity contribution in [1.82, 2.24) is 9.97 Å². The van der Waals surface area contributed by atoms with Crippen LogP contribution in [-0.4, -0.2) is 36.6 Å². The highest BCUT2D eigenvalue weighted by atomic mass is 32.2. The molecule has 1 fully saturated rings. The Hall–Kier alpha value is -2.74. The summed E-state index contributed by atoms with van der Waals surface area (Å²) in [6, 6.07) is 8.81. The van der Waals surface area contributed by atoms with E-state index < -0.39 is 10.0 Å². The fourth-order valence-corrected chi connectivity index (χ4v) is 4.50. The van der Waals surface area contributed by atoms with Crippen molar-refractivity contribution in [3.8, 4) is 0 Å². The molecule has 1 aromatic carbocycles. The van der Waals surface area contributed by atoms with E-state index in [0.29, 0.717) is 30.3 Å². The van der Waals surface area contributed by atoms with Crippen LogP contribution in [0.15, 0.2) is 36.4 Å².